The number of hydrogen-bond acceptors (Lipinski definition) is 3. The maximum Gasteiger partial charge on any atom is 0.240 e. The summed E-state index contributed by atoms with van der Waals surface area (Å²) in [6.45, 7) is 1.98. The van der Waals surface area contributed by atoms with Crippen LogP contribution in [0, 0.1) is 0 Å². The standard InChI is InChI=1S/C19H21N3O2/c1-2-17(15-9-5-3-6-10-15)21-22-19(24)14-13-18(23)20-16-11-7-4-8-12-16/h3-12H,2,13-14H2,1H3,(H,20,23)(H,22,24). The van der Waals surface area contributed by atoms with Crippen LogP contribution in [0.3, 0.4) is 0 Å². The highest BCUT2D eigenvalue weighted by Gasteiger charge is 2.07. The number of rotatable bonds is 7. The van der Waals surface area contributed by atoms with Gasteiger partial charge in [0.05, 0.1) is 5.71 Å². The van der Waals surface area contributed by atoms with Gasteiger partial charge in [-0.2, -0.15) is 5.10 Å². The van der Waals surface area contributed by atoms with Crippen molar-refractivity contribution in [2.75, 3.05) is 5.32 Å². The van der Waals surface area contributed by atoms with Crippen LogP contribution in [0.1, 0.15) is 31.7 Å². The molecule has 2 aromatic rings. The molecular weight excluding hydrogens is 302 g/mol. The molecule has 0 fully saturated rings. The topological polar surface area (TPSA) is 70.6 Å². The minimum absolute atomic E-state index is 0.0912. The van der Waals surface area contributed by atoms with E-state index in [0.717, 1.165) is 17.0 Å². The summed E-state index contributed by atoms with van der Waals surface area (Å²) in [4.78, 5) is 23.7. The number of carbonyl (C=O) groups is 2. The fourth-order valence-corrected chi connectivity index (χ4v) is 2.14. The van der Waals surface area contributed by atoms with Gasteiger partial charge in [-0.15, -0.1) is 0 Å². The molecule has 0 spiro atoms. The lowest BCUT2D eigenvalue weighted by molar-refractivity contribution is -0.124. The molecule has 0 saturated carbocycles. The fraction of sp³-hybridized carbons (Fsp3) is 0.211. The molecule has 2 N–H and O–H groups in total. The Balaban J connectivity index is 1.80. The number of hydrazone groups is 1. The first-order chi connectivity index (χ1) is 11.7. The monoisotopic (exact) mass is 323 g/mol. The first-order valence-electron chi connectivity index (χ1n) is 7.94. The van der Waals surface area contributed by atoms with Gasteiger partial charge >= 0.3 is 0 Å². The predicted octanol–water partition coefficient (Wildman–Crippen LogP) is 3.34. The van der Waals surface area contributed by atoms with Gasteiger partial charge in [0.1, 0.15) is 0 Å². The summed E-state index contributed by atoms with van der Waals surface area (Å²) in [5.74, 6) is -0.473. The highest BCUT2D eigenvalue weighted by Crippen LogP contribution is 2.06. The van der Waals surface area contributed by atoms with Gasteiger partial charge in [0, 0.05) is 18.5 Å². The van der Waals surface area contributed by atoms with Crippen molar-refractivity contribution in [3.8, 4) is 0 Å². The molecule has 124 valence electrons. The van der Waals surface area contributed by atoms with Crippen molar-refractivity contribution < 1.29 is 9.59 Å². The third-order valence-corrected chi connectivity index (χ3v) is 3.39. The zero-order valence-electron chi connectivity index (χ0n) is 13.7. The highest BCUT2D eigenvalue weighted by molar-refractivity contribution is 6.01. The van der Waals surface area contributed by atoms with Gasteiger partial charge in [-0.05, 0) is 24.1 Å². The second kappa shape index (κ2) is 9.25. The average molecular weight is 323 g/mol. The number of nitrogens with one attached hydrogen (secondary N) is 2. The summed E-state index contributed by atoms with van der Waals surface area (Å²) < 4.78 is 0. The highest BCUT2D eigenvalue weighted by atomic mass is 16.2. The van der Waals surface area contributed by atoms with Gasteiger partial charge in [0.25, 0.3) is 0 Å². The van der Waals surface area contributed by atoms with E-state index in [1.165, 1.54) is 0 Å². The van der Waals surface area contributed by atoms with Gasteiger partial charge in [0.2, 0.25) is 11.8 Å². The van der Waals surface area contributed by atoms with Crippen molar-refractivity contribution in [1.82, 2.24) is 5.43 Å². The van der Waals surface area contributed by atoms with E-state index in [1.807, 2.05) is 55.5 Å². The number of carbonyl (C=O) groups excluding carboxylic acids is 2. The molecule has 0 radical (unpaired) electrons. The SMILES string of the molecule is CCC(=NNC(=O)CCC(=O)Nc1ccccc1)c1ccccc1. The fourth-order valence-electron chi connectivity index (χ4n) is 2.14. The quantitative estimate of drug-likeness (QED) is 0.606. The van der Waals surface area contributed by atoms with Gasteiger partial charge in [0.15, 0.2) is 0 Å². The Morgan fingerprint density at radius 1 is 0.875 bits per heavy atom. The van der Waals surface area contributed by atoms with Gasteiger partial charge in [-0.3, -0.25) is 9.59 Å². The molecule has 2 amide bonds. The Morgan fingerprint density at radius 2 is 1.46 bits per heavy atom. The molecule has 0 bridgehead atoms. The van der Waals surface area contributed by atoms with Crippen LogP contribution in [0.25, 0.3) is 0 Å². The molecule has 0 aliphatic carbocycles. The summed E-state index contributed by atoms with van der Waals surface area (Å²) in [5.41, 5.74) is 5.02. The molecule has 2 rings (SSSR count). The molecule has 0 aliphatic heterocycles. The minimum atomic E-state index is -0.278. The summed E-state index contributed by atoms with van der Waals surface area (Å²) in [5, 5.41) is 6.90. The van der Waals surface area contributed by atoms with Gasteiger partial charge in [-0.25, -0.2) is 5.43 Å². The molecule has 5 heteroatoms. The van der Waals surface area contributed by atoms with Crippen molar-refractivity contribution in [3.63, 3.8) is 0 Å². The molecular formula is C19H21N3O2. The minimum Gasteiger partial charge on any atom is -0.326 e. The van der Waals surface area contributed by atoms with Crippen LogP contribution in [0.4, 0.5) is 5.69 Å². The lowest BCUT2D eigenvalue weighted by Gasteiger charge is -2.06. The van der Waals surface area contributed by atoms with Crippen molar-refractivity contribution in [2.24, 2.45) is 5.10 Å². The average Bonchev–Trinajstić information content (AvgIpc) is 2.62. The molecule has 5 nitrogen and oxygen atoms in total. The van der Waals surface area contributed by atoms with Crippen molar-refractivity contribution >= 4 is 23.2 Å². The Morgan fingerprint density at radius 3 is 2.08 bits per heavy atom. The summed E-state index contributed by atoms with van der Waals surface area (Å²) in [6, 6.07) is 18.8. The second-order valence-electron chi connectivity index (χ2n) is 5.23. The maximum absolute atomic E-state index is 11.9. The summed E-state index contributed by atoms with van der Waals surface area (Å²) in [7, 11) is 0. The zero-order chi connectivity index (χ0) is 17.2. The van der Waals surface area contributed by atoms with Crippen LogP contribution in [-0.2, 0) is 9.59 Å². The summed E-state index contributed by atoms with van der Waals surface area (Å²) >= 11 is 0. The van der Waals surface area contributed by atoms with E-state index in [4.69, 9.17) is 0 Å². The zero-order valence-corrected chi connectivity index (χ0v) is 13.7. The Bertz CT molecular complexity index is 697. The number of hydrogen-bond donors (Lipinski definition) is 2. The van der Waals surface area contributed by atoms with Crippen LogP contribution in [0.5, 0.6) is 0 Å². The van der Waals surface area contributed by atoms with E-state index >= 15 is 0 Å². The van der Waals surface area contributed by atoms with E-state index in [2.05, 4.69) is 15.8 Å². The number of amides is 2. The molecule has 0 heterocycles. The molecule has 0 saturated heterocycles. The first kappa shape index (κ1) is 17.4. The second-order valence-corrected chi connectivity index (χ2v) is 5.23. The third kappa shape index (κ3) is 5.68. The van der Waals surface area contributed by atoms with Gasteiger partial charge in [-0.1, -0.05) is 55.5 Å². The number of benzene rings is 2. The van der Waals surface area contributed by atoms with E-state index in [9.17, 15) is 9.59 Å². The molecule has 0 atom stereocenters. The van der Waals surface area contributed by atoms with Crippen LogP contribution < -0.4 is 10.7 Å². The van der Waals surface area contributed by atoms with Crippen molar-refractivity contribution in [3.05, 3.63) is 66.2 Å². The maximum atomic E-state index is 11.9. The largest absolute Gasteiger partial charge is 0.326 e. The number of anilines is 1. The smallest absolute Gasteiger partial charge is 0.240 e. The summed E-state index contributed by atoms with van der Waals surface area (Å²) in [6.07, 6.45) is 0.912. The van der Waals surface area contributed by atoms with E-state index in [1.54, 1.807) is 12.1 Å². The van der Waals surface area contributed by atoms with E-state index in [-0.39, 0.29) is 24.7 Å². The molecule has 24 heavy (non-hydrogen) atoms. The first-order valence-corrected chi connectivity index (χ1v) is 7.94. The Kier molecular flexibility index (Phi) is 6.71. The van der Waals surface area contributed by atoms with E-state index < -0.39 is 0 Å². The molecule has 2 aromatic carbocycles. The van der Waals surface area contributed by atoms with Crippen LogP contribution in [0.2, 0.25) is 0 Å². The van der Waals surface area contributed by atoms with E-state index in [0.29, 0.717) is 6.42 Å². The molecule has 0 aliphatic rings. The van der Waals surface area contributed by atoms with Crippen LogP contribution >= 0.6 is 0 Å². The third-order valence-electron chi connectivity index (χ3n) is 3.39. The lowest BCUT2D eigenvalue weighted by atomic mass is 10.1. The number of para-hydroxylation sites is 1. The molecule has 0 unspecified atom stereocenters. The normalized spacial score (nSPS) is 11.0. The Hall–Kier alpha value is -2.95. The number of nitrogens with zero attached hydrogens (tertiary/aromatic N) is 1. The predicted molar refractivity (Wildman–Crippen MR) is 95.7 cm³/mol. The molecule has 0 aromatic heterocycles. The van der Waals surface area contributed by atoms with Crippen molar-refractivity contribution in [2.45, 2.75) is 26.2 Å². The van der Waals surface area contributed by atoms with Crippen LogP contribution in [0.15, 0.2) is 65.8 Å². The Labute approximate surface area is 141 Å². The van der Waals surface area contributed by atoms with Crippen molar-refractivity contribution in [1.29, 1.82) is 0 Å². The van der Waals surface area contributed by atoms with Crippen LogP contribution in [-0.4, -0.2) is 17.5 Å². The van der Waals surface area contributed by atoms with Gasteiger partial charge < -0.3 is 5.32 Å². The lowest BCUT2D eigenvalue weighted by Crippen LogP contribution is -2.22.